The van der Waals surface area contributed by atoms with Gasteiger partial charge in [0.2, 0.25) is 0 Å². The van der Waals surface area contributed by atoms with Gasteiger partial charge in [0, 0.05) is 23.8 Å². The molecular formula is C14H20N2O. The van der Waals surface area contributed by atoms with Gasteiger partial charge in [0.15, 0.2) is 0 Å². The second kappa shape index (κ2) is 5.21. The smallest absolute Gasteiger partial charge is 0.251 e. The molecule has 0 atom stereocenters. The summed E-state index contributed by atoms with van der Waals surface area (Å²) in [6, 6.07) is 8.29. The molecule has 1 aromatic carbocycles. The zero-order valence-corrected chi connectivity index (χ0v) is 10.5. The van der Waals surface area contributed by atoms with Crippen molar-refractivity contribution < 1.29 is 4.79 Å². The van der Waals surface area contributed by atoms with Crippen LogP contribution in [0, 0.1) is 5.92 Å². The second-order valence-corrected chi connectivity index (χ2v) is 4.86. The highest BCUT2D eigenvalue weighted by Gasteiger charge is 2.24. The van der Waals surface area contributed by atoms with Crippen molar-refractivity contribution in [1.29, 1.82) is 0 Å². The van der Waals surface area contributed by atoms with Crippen molar-refractivity contribution in [3.05, 3.63) is 29.8 Å². The predicted molar refractivity (Wildman–Crippen MR) is 70.3 cm³/mol. The molecule has 0 spiro atoms. The number of carbonyl (C=O) groups is 1. The van der Waals surface area contributed by atoms with Crippen LogP contribution in [0.2, 0.25) is 0 Å². The average Bonchev–Trinajstić information content (AvgIpc) is 2.28. The van der Waals surface area contributed by atoms with E-state index in [4.69, 9.17) is 0 Å². The van der Waals surface area contributed by atoms with Gasteiger partial charge in [-0.25, -0.2) is 0 Å². The van der Waals surface area contributed by atoms with Crippen molar-refractivity contribution >= 4 is 11.6 Å². The summed E-state index contributed by atoms with van der Waals surface area (Å²) in [4.78, 5) is 11.7. The molecule has 1 saturated carbocycles. The van der Waals surface area contributed by atoms with Crippen molar-refractivity contribution in [1.82, 2.24) is 5.32 Å². The molecule has 1 aliphatic rings. The van der Waals surface area contributed by atoms with Crippen LogP contribution in [0.5, 0.6) is 0 Å². The first-order valence-corrected chi connectivity index (χ1v) is 6.34. The fourth-order valence-corrected chi connectivity index (χ4v) is 2.27. The number of benzene rings is 1. The van der Waals surface area contributed by atoms with Gasteiger partial charge in [0.25, 0.3) is 5.91 Å². The van der Waals surface area contributed by atoms with Gasteiger partial charge < -0.3 is 10.6 Å². The van der Waals surface area contributed by atoms with E-state index in [1.54, 1.807) is 0 Å². The molecule has 0 saturated heterocycles. The SMILES string of the molecule is CCNC(=O)c1cccc(NC2CC(C)C2)c1. The number of anilines is 1. The van der Waals surface area contributed by atoms with Gasteiger partial charge in [-0.3, -0.25) is 4.79 Å². The fraction of sp³-hybridized carbons (Fsp3) is 0.500. The van der Waals surface area contributed by atoms with E-state index in [0.717, 1.165) is 17.2 Å². The van der Waals surface area contributed by atoms with Gasteiger partial charge in [0.1, 0.15) is 0 Å². The minimum absolute atomic E-state index is 0.00173. The van der Waals surface area contributed by atoms with Crippen LogP contribution in [-0.4, -0.2) is 18.5 Å². The summed E-state index contributed by atoms with van der Waals surface area (Å²) >= 11 is 0. The summed E-state index contributed by atoms with van der Waals surface area (Å²) in [6.07, 6.45) is 2.46. The Morgan fingerprint density at radius 1 is 1.41 bits per heavy atom. The van der Waals surface area contributed by atoms with Gasteiger partial charge in [-0.1, -0.05) is 13.0 Å². The highest BCUT2D eigenvalue weighted by Crippen LogP contribution is 2.29. The number of hydrogen-bond donors (Lipinski definition) is 2. The van der Waals surface area contributed by atoms with Crippen molar-refractivity contribution in [2.75, 3.05) is 11.9 Å². The van der Waals surface area contributed by atoms with Crippen molar-refractivity contribution in [3.8, 4) is 0 Å². The highest BCUT2D eigenvalue weighted by molar-refractivity contribution is 5.95. The summed E-state index contributed by atoms with van der Waals surface area (Å²) in [6.45, 7) is 4.86. The van der Waals surface area contributed by atoms with Gasteiger partial charge in [-0.2, -0.15) is 0 Å². The number of hydrogen-bond acceptors (Lipinski definition) is 2. The predicted octanol–water partition coefficient (Wildman–Crippen LogP) is 2.65. The highest BCUT2D eigenvalue weighted by atomic mass is 16.1. The molecule has 0 heterocycles. The molecule has 0 aromatic heterocycles. The maximum atomic E-state index is 11.7. The van der Waals surface area contributed by atoms with E-state index < -0.39 is 0 Å². The Bertz CT molecular complexity index is 397. The lowest BCUT2D eigenvalue weighted by Crippen LogP contribution is -2.33. The van der Waals surface area contributed by atoms with Crippen LogP contribution >= 0.6 is 0 Å². The minimum Gasteiger partial charge on any atom is -0.382 e. The Morgan fingerprint density at radius 3 is 2.82 bits per heavy atom. The first kappa shape index (κ1) is 12.0. The second-order valence-electron chi connectivity index (χ2n) is 4.86. The van der Waals surface area contributed by atoms with E-state index in [2.05, 4.69) is 17.6 Å². The maximum Gasteiger partial charge on any atom is 0.251 e. The maximum absolute atomic E-state index is 11.7. The molecule has 2 rings (SSSR count). The monoisotopic (exact) mass is 232 g/mol. The van der Waals surface area contributed by atoms with E-state index in [1.807, 2.05) is 31.2 Å². The largest absolute Gasteiger partial charge is 0.382 e. The Kier molecular flexibility index (Phi) is 3.67. The molecule has 92 valence electrons. The standard InChI is InChI=1S/C14H20N2O/c1-3-15-14(17)11-5-4-6-12(9-11)16-13-7-10(2)8-13/h4-6,9-10,13,16H,3,7-8H2,1-2H3,(H,15,17). The van der Waals surface area contributed by atoms with Crippen LogP contribution in [-0.2, 0) is 0 Å². The van der Waals surface area contributed by atoms with Crippen molar-refractivity contribution in [3.63, 3.8) is 0 Å². The van der Waals surface area contributed by atoms with Crippen LogP contribution in [0.3, 0.4) is 0 Å². The quantitative estimate of drug-likeness (QED) is 0.838. The van der Waals surface area contributed by atoms with Crippen LogP contribution in [0.25, 0.3) is 0 Å². The first-order valence-electron chi connectivity index (χ1n) is 6.34. The number of amides is 1. The van der Waals surface area contributed by atoms with Gasteiger partial charge in [0.05, 0.1) is 0 Å². The third-order valence-electron chi connectivity index (χ3n) is 3.21. The molecule has 17 heavy (non-hydrogen) atoms. The molecule has 2 N–H and O–H groups in total. The molecule has 1 aromatic rings. The van der Waals surface area contributed by atoms with Gasteiger partial charge in [-0.05, 0) is 43.9 Å². The number of rotatable bonds is 4. The minimum atomic E-state index is -0.00173. The van der Waals surface area contributed by atoms with Gasteiger partial charge >= 0.3 is 0 Å². The number of nitrogens with one attached hydrogen (secondary N) is 2. The molecule has 1 amide bonds. The summed E-state index contributed by atoms with van der Waals surface area (Å²) in [5, 5.41) is 6.28. The lowest BCUT2D eigenvalue weighted by molar-refractivity contribution is 0.0956. The molecule has 0 radical (unpaired) electrons. The molecule has 1 fully saturated rings. The number of carbonyl (C=O) groups excluding carboxylic acids is 1. The van der Waals surface area contributed by atoms with Crippen LogP contribution in [0.15, 0.2) is 24.3 Å². The van der Waals surface area contributed by atoms with E-state index in [-0.39, 0.29) is 5.91 Å². The van der Waals surface area contributed by atoms with Crippen LogP contribution in [0.1, 0.15) is 37.0 Å². The lowest BCUT2D eigenvalue weighted by Gasteiger charge is -2.34. The zero-order chi connectivity index (χ0) is 12.3. The van der Waals surface area contributed by atoms with E-state index in [1.165, 1.54) is 12.8 Å². The molecule has 1 aliphatic carbocycles. The van der Waals surface area contributed by atoms with Crippen molar-refractivity contribution in [2.45, 2.75) is 32.7 Å². The summed E-state index contributed by atoms with van der Waals surface area (Å²) in [7, 11) is 0. The average molecular weight is 232 g/mol. The zero-order valence-electron chi connectivity index (χ0n) is 10.5. The Hall–Kier alpha value is -1.51. The van der Waals surface area contributed by atoms with E-state index in [0.29, 0.717) is 12.6 Å². The molecular weight excluding hydrogens is 212 g/mol. The summed E-state index contributed by atoms with van der Waals surface area (Å²) in [5.41, 5.74) is 1.77. The third kappa shape index (κ3) is 2.99. The third-order valence-corrected chi connectivity index (χ3v) is 3.21. The Labute approximate surface area is 103 Å². The van der Waals surface area contributed by atoms with E-state index in [9.17, 15) is 4.79 Å². The first-order chi connectivity index (χ1) is 8.19. The lowest BCUT2D eigenvalue weighted by atomic mass is 9.82. The summed E-state index contributed by atoms with van der Waals surface area (Å²) in [5.74, 6) is 0.831. The molecule has 3 nitrogen and oxygen atoms in total. The van der Waals surface area contributed by atoms with Crippen molar-refractivity contribution in [2.24, 2.45) is 5.92 Å². The van der Waals surface area contributed by atoms with Crippen LogP contribution in [0.4, 0.5) is 5.69 Å². The van der Waals surface area contributed by atoms with Crippen LogP contribution < -0.4 is 10.6 Å². The summed E-state index contributed by atoms with van der Waals surface area (Å²) < 4.78 is 0. The molecule has 0 unspecified atom stereocenters. The topological polar surface area (TPSA) is 41.1 Å². The molecule has 0 bridgehead atoms. The molecule has 3 heteroatoms. The molecule has 0 aliphatic heterocycles. The normalized spacial score (nSPS) is 22.7. The Morgan fingerprint density at radius 2 is 2.18 bits per heavy atom. The van der Waals surface area contributed by atoms with Gasteiger partial charge in [-0.15, -0.1) is 0 Å². The van der Waals surface area contributed by atoms with E-state index >= 15 is 0 Å². The Balaban J connectivity index is 1.98. The fourth-order valence-electron chi connectivity index (χ4n) is 2.27.